The summed E-state index contributed by atoms with van der Waals surface area (Å²) in [6.07, 6.45) is 7.32. The fraction of sp³-hybridized carbons (Fsp3) is 0.600. The van der Waals surface area contributed by atoms with Gasteiger partial charge in [-0.05, 0) is 25.0 Å². The van der Waals surface area contributed by atoms with Crippen molar-refractivity contribution in [3.8, 4) is 0 Å². The van der Waals surface area contributed by atoms with Crippen LogP contribution in [0.15, 0.2) is 29.4 Å². The molecule has 1 atom stereocenters. The average Bonchev–Trinajstić information content (AvgIpc) is 2.90. The maximum atomic E-state index is 6.06. The lowest BCUT2D eigenvalue weighted by Crippen LogP contribution is -2.34. The van der Waals surface area contributed by atoms with Crippen LogP contribution in [0.1, 0.15) is 32.1 Å². The number of aromatic nitrogens is 1. The van der Waals surface area contributed by atoms with Gasteiger partial charge in [-0.1, -0.05) is 12.5 Å². The molecule has 2 aliphatic rings. The Balaban J connectivity index is 0.00000176. The molecule has 2 fully saturated rings. The minimum atomic E-state index is -0.346. The summed E-state index contributed by atoms with van der Waals surface area (Å²) in [6, 6.07) is 5.59. The van der Waals surface area contributed by atoms with Gasteiger partial charge < -0.3 is 20.5 Å². The highest BCUT2D eigenvalue weighted by Crippen LogP contribution is 2.37. The van der Waals surface area contributed by atoms with E-state index in [0.29, 0.717) is 24.9 Å². The monoisotopic (exact) mass is 418 g/mol. The van der Waals surface area contributed by atoms with E-state index in [1.54, 1.807) is 6.20 Å². The lowest BCUT2D eigenvalue weighted by atomic mass is 9.94. The molecule has 1 aromatic rings. The molecular formula is C15H23IN4O2. The topological polar surface area (TPSA) is 81.8 Å². The van der Waals surface area contributed by atoms with E-state index in [0.717, 1.165) is 12.8 Å². The van der Waals surface area contributed by atoms with E-state index in [9.17, 15) is 0 Å². The Kier molecular flexibility index (Phi) is 6.39. The molecule has 6 nitrogen and oxygen atoms in total. The van der Waals surface area contributed by atoms with Crippen molar-refractivity contribution in [1.82, 2.24) is 4.98 Å². The van der Waals surface area contributed by atoms with Gasteiger partial charge >= 0.3 is 0 Å². The number of hydrogen-bond acceptors (Lipinski definition) is 4. The van der Waals surface area contributed by atoms with Gasteiger partial charge in [-0.15, -0.1) is 24.0 Å². The normalized spacial score (nSPS) is 24.0. The number of halogens is 1. The van der Waals surface area contributed by atoms with Crippen molar-refractivity contribution in [3.63, 3.8) is 0 Å². The van der Waals surface area contributed by atoms with Gasteiger partial charge in [-0.3, -0.25) is 4.99 Å². The molecule has 1 saturated heterocycles. The number of anilines is 1. The predicted octanol–water partition coefficient (Wildman–Crippen LogP) is 2.50. The number of pyridine rings is 1. The first-order valence-electron chi connectivity index (χ1n) is 7.56. The fourth-order valence-corrected chi connectivity index (χ4v) is 2.87. The van der Waals surface area contributed by atoms with Crippen LogP contribution < -0.4 is 11.1 Å². The maximum absolute atomic E-state index is 6.06. The zero-order valence-electron chi connectivity index (χ0n) is 12.5. The number of nitrogens with zero attached hydrogens (tertiary/aromatic N) is 2. The molecule has 122 valence electrons. The summed E-state index contributed by atoms with van der Waals surface area (Å²) in [7, 11) is 0. The first kappa shape index (κ1) is 17.4. The highest BCUT2D eigenvalue weighted by molar-refractivity contribution is 14.0. The third-order valence-electron chi connectivity index (χ3n) is 3.92. The maximum Gasteiger partial charge on any atom is 0.194 e. The standard InChI is InChI=1S/C15H22N4O2.HI/c16-14(19-13-6-2-5-9-17-13)18-10-12-11-20-15(21-12)7-3-1-4-8-15;/h2,5-6,9,12H,1,3-4,7-8,10-11H2,(H3,16,17,18,19);1H. The number of ether oxygens (including phenoxy) is 2. The van der Waals surface area contributed by atoms with Gasteiger partial charge in [0.15, 0.2) is 11.7 Å². The van der Waals surface area contributed by atoms with E-state index in [1.165, 1.54) is 19.3 Å². The first-order valence-corrected chi connectivity index (χ1v) is 7.56. The van der Waals surface area contributed by atoms with Crippen molar-refractivity contribution in [2.24, 2.45) is 10.7 Å². The summed E-state index contributed by atoms with van der Waals surface area (Å²) in [5.74, 6) is 0.690. The number of rotatable bonds is 3. The number of hydrogen-bond donors (Lipinski definition) is 2. The van der Waals surface area contributed by atoms with Crippen molar-refractivity contribution in [1.29, 1.82) is 0 Å². The van der Waals surface area contributed by atoms with Crippen LogP contribution in [0.5, 0.6) is 0 Å². The molecule has 1 unspecified atom stereocenters. The van der Waals surface area contributed by atoms with Crippen LogP contribution in [0, 0.1) is 0 Å². The lowest BCUT2D eigenvalue weighted by Gasteiger charge is -2.31. The fourth-order valence-electron chi connectivity index (χ4n) is 2.87. The molecule has 1 spiro atoms. The third-order valence-corrected chi connectivity index (χ3v) is 3.92. The van der Waals surface area contributed by atoms with E-state index in [4.69, 9.17) is 15.2 Å². The third kappa shape index (κ3) is 4.53. The molecule has 3 N–H and O–H groups in total. The van der Waals surface area contributed by atoms with Crippen LogP contribution in [-0.2, 0) is 9.47 Å². The minimum absolute atomic E-state index is 0. The van der Waals surface area contributed by atoms with Gasteiger partial charge in [0.1, 0.15) is 11.9 Å². The van der Waals surface area contributed by atoms with E-state index < -0.39 is 0 Å². The van der Waals surface area contributed by atoms with E-state index in [-0.39, 0.29) is 35.9 Å². The van der Waals surface area contributed by atoms with Crippen molar-refractivity contribution >= 4 is 35.8 Å². The van der Waals surface area contributed by atoms with Gasteiger partial charge in [0.2, 0.25) is 0 Å². The molecule has 0 radical (unpaired) electrons. The largest absolute Gasteiger partial charge is 0.370 e. The van der Waals surface area contributed by atoms with E-state index in [1.807, 2.05) is 18.2 Å². The minimum Gasteiger partial charge on any atom is -0.370 e. The molecular weight excluding hydrogens is 395 g/mol. The van der Waals surface area contributed by atoms with Crippen LogP contribution in [0.4, 0.5) is 5.82 Å². The molecule has 2 heterocycles. The molecule has 22 heavy (non-hydrogen) atoms. The summed E-state index contributed by atoms with van der Waals surface area (Å²) in [5.41, 5.74) is 5.86. The predicted molar refractivity (Wildman–Crippen MR) is 96.4 cm³/mol. The Hall–Kier alpha value is -0.930. The summed E-state index contributed by atoms with van der Waals surface area (Å²) >= 11 is 0. The Morgan fingerprint density at radius 1 is 1.36 bits per heavy atom. The molecule has 1 aromatic heterocycles. The number of nitrogens with two attached hydrogens (primary N) is 1. The van der Waals surface area contributed by atoms with Gasteiger partial charge in [0, 0.05) is 19.0 Å². The molecule has 0 amide bonds. The second-order valence-corrected chi connectivity index (χ2v) is 5.59. The molecule has 0 aromatic carbocycles. The number of aliphatic imine (C=N–C) groups is 1. The molecule has 1 aliphatic heterocycles. The summed E-state index contributed by atoms with van der Waals surface area (Å²) in [4.78, 5) is 8.46. The summed E-state index contributed by atoms with van der Waals surface area (Å²) < 4.78 is 11.9. The van der Waals surface area contributed by atoms with E-state index >= 15 is 0 Å². The zero-order valence-corrected chi connectivity index (χ0v) is 14.9. The Bertz CT molecular complexity index is 492. The van der Waals surface area contributed by atoms with Crippen molar-refractivity contribution in [2.45, 2.75) is 44.0 Å². The average molecular weight is 418 g/mol. The second-order valence-electron chi connectivity index (χ2n) is 5.59. The summed E-state index contributed by atoms with van der Waals surface area (Å²) in [6.45, 7) is 1.10. The van der Waals surface area contributed by atoms with Crippen molar-refractivity contribution < 1.29 is 9.47 Å². The Morgan fingerprint density at radius 3 is 2.91 bits per heavy atom. The van der Waals surface area contributed by atoms with Gasteiger partial charge in [-0.25, -0.2) is 4.98 Å². The van der Waals surface area contributed by atoms with Crippen LogP contribution in [0.3, 0.4) is 0 Å². The van der Waals surface area contributed by atoms with Gasteiger partial charge in [-0.2, -0.15) is 0 Å². The van der Waals surface area contributed by atoms with Crippen molar-refractivity contribution in [3.05, 3.63) is 24.4 Å². The molecule has 7 heteroatoms. The first-order chi connectivity index (χ1) is 10.3. The van der Waals surface area contributed by atoms with Crippen LogP contribution in [0.2, 0.25) is 0 Å². The lowest BCUT2D eigenvalue weighted by molar-refractivity contribution is -0.186. The summed E-state index contributed by atoms with van der Waals surface area (Å²) in [5, 5.41) is 2.96. The van der Waals surface area contributed by atoms with Crippen LogP contribution in [0.25, 0.3) is 0 Å². The highest BCUT2D eigenvalue weighted by atomic mass is 127. The smallest absolute Gasteiger partial charge is 0.194 e. The van der Waals surface area contributed by atoms with Gasteiger partial charge in [0.05, 0.1) is 13.2 Å². The van der Waals surface area contributed by atoms with Crippen LogP contribution in [-0.4, -0.2) is 36.0 Å². The quantitative estimate of drug-likeness (QED) is 0.448. The number of guanidine groups is 1. The van der Waals surface area contributed by atoms with E-state index in [2.05, 4.69) is 15.3 Å². The Morgan fingerprint density at radius 2 is 2.18 bits per heavy atom. The molecule has 0 bridgehead atoms. The Labute approximate surface area is 147 Å². The van der Waals surface area contributed by atoms with Gasteiger partial charge in [0.25, 0.3) is 0 Å². The second kappa shape index (κ2) is 8.07. The molecule has 1 saturated carbocycles. The SMILES string of the molecule is I.NC(=NCC1COC2(CCCCC2)O1)Nc1ccccn1. The molecule has 1 aliphatic carbocycles. The van der Waals surface area contributed by atoms with Crippen LogP contribution >= 0.6 is 24.0 Å². The zero-order chi connectivity index (χ0) is 14.5. The highest BCUT2D eigenvalue weighted by Gasteiger charge is 2.41. The number of nitrogens with one attached hydrogen (secondary N) is 1. The molecule has 3 rings (SSSR count). The van der Waals surface area contributed by atoms with Crippen molar-refractivity contribution in [2.75, 3.05) is 18.5 Å².